The zero-order valence-corrected chi connectivity index (χ0v) is 8.66. The van der Waals surface area contributed by atoms with Gasteiger partial charge in [0.05, 0.1) is 6.61 Å². The number of rotatable bonds is 4. The first kappa shape index (κ1) is 10.5. The summed E-state index contributed by atoms with van der Waals surface area (Å²) in [6, 6.07) is 0.201. The van der Waals surface area contributed by atoms with Gasteiger partial charge in [-0.2, -0.15) is 0 Å². The van der Waals surface area contributed by atoms with Gasteiger partial charge in [0, 0.05) is 18.5 Å². The smallest absolute Gasteiger partial charge is 0.226 e. The Bertz CT molecular complexity index is 191. The topological polar surface area (TPSA) is 40.5 Å². The molecule has 0 radical (unpaired) electrons. The number of hydrogen-bond acceptors (Lipinski definition) is 2. The van der Waals surface area contributed by atoms with Gasteiger partial charge in [-0.05, 0) is 26.2 Å². The van der Waals surface area contributed by atoms with Crippen LogP contribution in [0.15, 0.2) is 0 Å². The fourth-order valence-electron chi connectivity index (χ4n) is 1.61. The van der Waals surface area contributed by atoms with Crippen molar-refractivity contribution in [1.29, 1.82) is 0 Å². The van der Waals surface area contributed by atoms with E-state index in [1.54, 1.807) is 4.90 Å². The third-order valence-electron chi connectivity index (χ3n) is 2.67. The van der Waals surface area contributed by atoms with Gasteiger partial charge in [-0.3, -0.25) is 4.79 Å². The van der Waals surface area contributed by atoms with Crippen LogP contribution < -0.4 is 0 Å². The number of hydrogen-bond donors (Lipinski definition) is 1. The zero-order chi connectivity index (χ0) is 10.0. The van der Waals surface area contributed by atoms with Crippen LogP contribution in [0.5, 0.6) is 0 Å². The molecule has 76 valence electrons. The van der Waals surface area contributed by atoms with Gasteiger partial charge in [-0.25, -0.2) is 0 Å². The highest BCUT2D eigenvalue weighted by Gasteiger charge is 2.41. The Morgan fingerprint density at radius 3 is 2.46 bits per heavy atom. The molecule has 0 aromatic carbocycles. The molecule has 1 amide bonds. The van der Waals surface area contributed by atoms with E-state index in [0.717, 1.165) is 6.42 Å². The van der Waals surface area contributed by atoms with E-state index in [9.17, 15) is 4.79 Å². The van der Waals surface area contributed by atoms with E-state index in [1.165, 1.54) is 0 Å². The van der Waals surface area contributed by atoms with E-state index < -0.39 is 0 Å². The molecule has 1 aliphatic rings. The van der Waals surface area contributed by atoms with Crippen LogP contribution in [0.4, 0.5) is 0 Å². The van der Waals surface area contributed by atoms with E-state index in [4.69, 9.17) is 5.11 Å². The van der Waals surface area contributed by atoms with Gasteiger partial charge in [0.25, 0.3) is 0 Å². The minimum Gasteiger partial charge on any atom is -0.395 e. The van der Waals surface area contributed by atoms with E-state index in [1.807, 2.05) is 13.8 Å². The lowest BCUT2D eigenvalue weighted by molar-refractivity contribution is -0.135. The summed E-state index contributed by atoms with van der Waals surface area (Å²) in [6.45, 7) is 6.60. The molecule has 3 heteroatoms. The molecular formula is C10H19NO2. The molecule has 1 saturated carbocycles. The maximum absolute atomic E-state index is 11.8. The Morgan fingerprint density at radius 2 is 2.15 bits per heavy atom. The van der Waals surface area contributed by atoms with Crippen molar-refractivity contribution in [2.24, 2.45) is 11.8 Å². The Labute approximate surface area is 79.7 Å². The minimum absolute atomic E-state index is 0.0605. The van der Waals surface area contributed by atoms with Crippen molar-refractivity contribution in [2.75, 3.05) is 13.2 Å². The predicted molar refractivity (Wildman–Crippen MR) is 51.2 cm³/mol. The second kappa shape index (κ2) is 4.09. The van der Waals surface area contributed by atoms with E-state index >= 15 is 0 Å². The van der Waals surface area contributed by atoms with Crippen LogP contribution >= 0.6 is 0 Å². The second-order valence-corrected chi connectivity index (χ2v) is 4.17. The maximum Gasteiger partial charge on any atom is 0.226 e. The number of carbonyl (C=O) groups is 1. The Morgan fingerprint density at radius 1 is 1.62 bits per heavy atom. The SMILES string of the molecule is CC1CC1C(=O)N(CCO)C(C)C. The number of aliphatic hydroxyl groups is 1. The first-order valence-electron chi connectivity index (χ1n) is 4.99. The molecule has 1 N–H and O–H groups in total. The van der Waals surface area contributed by atoms with Gasteiger partial charge in [-0.15, -0.1) is 0 Å². The summed E-state index contributed by atoms with van der Waals surface area (Å²) in [4.78, 5) is 13.5. The fraction of sp³-hybridized carbons (Fsp3) is 0.900. The number of nitrogens with zero attached hydrogens (tertiary/aromatic N) is 1. The minimum atomic E-state index is 0.0605. The van der Waals surface area contributed by atoms with Crippen molar-refractivity contribution < 1.29 is 9.90 Å². The summed E-state index contributed by atoms with van der Waals surface area (Å²) >= 11 is 0. The molecule has 0 bridgehead atoms. The average Bonchev–Trinajstić information content (AvgIpc) is 2.76. The van der Waals surface area contributed by atoms with Crippen molar-refractivity contribution in [1.82, 2.24) is 4.90 Å². The van der Waals surface area contributed by atoms with E-state index in [0.29, 0.717) is 12.5 Å². The Hall–Kier alpha value is -0.570. The fourth-order valence-corrected chi connectivity index (χ4v) is 1.61. The van der Waals surface area contributed by atoms with Crippen molar-refractivity contribution in [3.05, 3.63) is 0 Å². The van der Waals surface area contributed by atoms with Crippen LogP contribution in [0.2, 0.25) is 0 Å². The molecule has 1 fully saturated rings. The van der Waals surface area contributed by atoms with Crippen LogP contribution in [0.25, 0.3) is 0 Å². The van der Waals surface area contributed by atoms with Crippen LogP contribution in [0.3, 0.4) is 0 Å². The quantitative estimate of drug-likeness (QED) is 0.706. The molecule has 0 aromatic heterocycles. The molecule has 2 atom stereocenters. The van der Waals surface area contributed by atoms with E-state index in [-0.39, 0.29) is 24.5 Å². The largest absolute Gasteiger partial charge is 0.395 e. The van der Waals surface area contributed by atoms with Crippen molar-refractivity contribution in [3.8, 4) is 0 Å². The molecule has 1 rings (SSSR count). The van der Waals surface area contributed by atoms with Crippen LogP contribution in [-0.4, -0.2) is 35.1 Å². The molecule has 0 saturated heterocycles. The molecule has 3 nitrogen and oxygen atoms in total. The van der Waals surface area contributed by atoms with Gasteiger partial charge in [-0.1, -0.05) is 6.92 Å². The first-order chi connectivity index (χ1) is 6.07. The van der Waals surface area contributed by atoms with Gasteiger partial charge in [0.2, 0.25) is 5.91 Å². The van der Waals surface area contributed by atoms with Crippen molar-refractivity contribution in [3.63, 3.8) is 0 Å². The summed E-state index contributed by atoms with van der Waals surface area (Å²) in [7, 11) is 0. The molecule has 0 aliphatic heterocycles. The third kappa shape index (κ3) is 2.44. The van der Waals surface area contributed by atoms with Crippen LogP contribution in [0.1, 0.15) is 27.2 Å². The molecule has 0 spiro atoms. The monoisotopic (exact) mass is 185 g/mol. The molecule has 0 aromatic rings. The standard InChI is InChI=1S/C10H19NO2/c1-7(2)11(4-5-12)10(13)9-6-8(9)3/h7-9,12H,4-6H2,1-3H3. The number of carbonyl (C=O) groups excluding carboxylic acids is 1. The lowest BCUT2D eigenvalue weighted by atomic mass is 10.2. The lowest BCUT2D eigenvalue weighted by Crippen LogP contribution is -2.40. The third-order valence-corrected chi connectivity index (χ3v) is 2.67. The zero-order valence-electron chi connectivity index (χ0n) is 8.66. The van der Waals surface area contributed by atoms with Gasteiger partial charge in [0.1, 0.15) is 0 Å². The highest BCUT2D eigenvalue weighted by Crippen LogP contribution is 2.39. The summed E-state index contributed by atoms with van der Waals surface area (Å²) in [5, 5.41) is 8.81. The molecule has 2 unspecified atom stereocenters. The van der Waals surface area contributed by atoms with Gasteiger partial charge >= 0.3 is 0 Å². The predicted octanol–water partition coefficient (Wildman–Crippen LogP) is 0.872. The number of aliphatic hydroxyl groups excluding tert-OH is 1. The van der Waals surface area contributed by atoms with Crippen LogP contribution in [-0.2, 0) is 4.79 Å². The summed E-state index contributed by atoms with van der Waals surface area (Å²) in [6.07, 6.45) is 1.02. The summed E-state index contributed by atoms with van der Waals surface area (Å²) in [5.74, 6) is 0.998. The Kier molecular flexibility index (Phi) is 3.31. The molecule has 13 heavy (non-hydrogen) atoms. The summed E-state index contributed by atoms with van der Waals surface area (Å²) < 4.78 is 0. The van der Waals surface area contributed by atoms with Crippen molar-refractivity contribution in [2.45, 2.75) is 33.2 Å². The normalized spacial score (nSPS) is 26.2. The van der Waals surface area contributed by atoms with Gasteiger partial charge < -0.3 is 10.0 Å². The lowest BCUT2D eigenvalue weighted by Gasteiger charge is -2.26. The Balaban J connectivity index is 2.49. The first-order valence-corrected chi connectivity index (χ1v) is 4.99. The van der Waals surface area contributed by atoms with Gasteiger partial charge in [0.15, 0.2) is 0 Å². The molecule has 1 aliphatic carbocycles. The summed E-state index contributed by atoms with van der Waals surface area (Å²) in [5.41, 5.74) is 0. The van der Waals surface area contributed by atoms with Crippen molar-refractivity contribution >= 4 is 5.91 Å². The van der Waals surface area contributed by atoms with E-state index in [2.05, 4.69) is 6.92 Å². The highest BCUT2D eigenvalue weighted by molar-refractivity contribution is 5.81. The number of amides is 1. The highest BCUT2D eigenvalue weighted by atomic mass is 16.3. The van der Waals surface area contributed by atoms with Crippen LogP contribution in [0, 0.1) is 11.8 Å². The molecular weight excluding hydrogens is 166 g/mol. The molecule has 0 heterocycles. The second-order valence-electron chi connectivity index (χ2n) is 4.17. The maximum atomic E-state index is 11.8. The average molecular weight is 185 g/mol.